The van der Waals surface area contributed by atoms with Crippen molar-refractivity contribution in [2.75, 3.05) is 5.43 Å². The fourth-order valence-electron chi connectivity index (χ4n) is 2.43. The van der Waals surface area contributed by atoms with E-state index in [0.29, 0.717) is 23.4 Å². The lowest BCUT2D eigenvalue weighted by atomic mass is 10.2. The molecule has 0 fully saturated rings. The molecule has 0 saturated carbocycles. The summed E-state index contributed by atoms with van der Waals surface area (Å²) in [6.45, 7) is 0.291. The van der Waals surface area contributed by atoms with Gasteiger partial charge in [-0.15, -0.1) is 0 Å². The van der Waals surface area contributed by atoms with Crippen molar-refractivity contribution in [1.82, 2.24) is 5.43 Å². The van der Waals surface area contributed by atoms with Gasteiger partial charge in [0.15, 0.2) is 0 Å². The largest absolute Gasteiger partial charge is 0.488 e. The molecule has 0 saturated heterocycles. The first-order valence-electron chi connectivity index (χ1n) is 8.00. The van der Waals surface area contributed by atoms with Crippen LogP contribution in [0.25, 0.3) is 0 Å². The Labute approximate surface area is 149 Å². The average molecular weight is 358 g/mol. The van der Waals surface area contributed by atoms with Gasteiger partial charge in [-0.3, -0.25) is 0 Å². The highest BCUT2D eigenvalue weighted by atomic mass is 19.1. The molecule has 0 spiro atoms. The highest BCUT2D eigenvalue weighted by molar-refractivity contribution is 5.41. The van der Waals surface area contributed by atoms with E-state index in [9.17, 15) is 13.2 Å². The van der Waals surface area contributed by atoms with Crippen molar-refractivity contribution in [2.45, 2.75) is 13.2 Å². The second-order valence-corrected chi connectivity index (χ2v) is 5.66. The van der Waals surface area contributed by atoms with Crippen LogP contribution in [0.1, 0.15) is 11.1 Å². The predicted octanol–water partition coefficient (Wildman–Crippen LogP) is 4.80. The second kappa shape index (κ2) is 8.40. The molecule has 0 bridgehead atoms. The summed E-state index contributed by atoms with van der Waals surface area (Å²) in [7, 11) is 0. The molecule has 0 radical (unpaired) electrons. The minimum Gasteiger partial charge on any atom is -0.488 e. The Bertz CT molecular complexity index is 852. The van der Waals surface area contributed by atoms with E-state index in [2.05, 4.69) is 10.9 Å². The van der Waals surface area contributed by atoms with Gasteiger partial charge in [0.05, 0.1) is 0 Å². The number of nitrogens with one attached hydrogen (secondary N) is 2. The lowest BCUT2D eigenvalue weighted by molar-refractivity contribution is 0.299. The van der Waals surface area contributed by atoms with Crippen LogP contribution in [0.5, 0.6) is 5.75 Å². The molecule has 0 unspecified atom stereocenters. The Morgan fingerprint density at radius 3 is 2.23 bits per heavy atom. The molecule has 3 aromatic rings. The van der Waals surface area contributed by atoms with Crippen LogP contribution in [0.15, 0.2) is 66.7 Å². The van der Waals surface area contributed by atoms with Crippen LogP contribution >= 0.6 is 0 Å². The van der Waals surface area contributed by atoms with E-state index in [1.165, 1.54) is 24.3 Å². The maximum absolute atomic E-state index is 13.6. The molecule has 3 aromatic carbocycles. The van der Waals surface area contributed by atoms with Crippen molar-refractivity contribution in [3.63, 3.8) is 0 Å². The monoisotopic (exact) mass is 358 g/mol. The zero-order valence-electron chi connectivity index (χ0n) is 13.8. The van der Waals surface area contributed by atoms with Crippen molar-refractivity contribution in [2.24, 2.45) is 0 Å². The van der Waals surface area contributed by atoms with E-state index >= 15 is 0 Å². The third kappa shape index (κ3) is 5.00. The topological polar surface area (TPSA) is 33.3 Å². The molecular weight excluding hydrogens is 341 g/mol. The summed E-state index contributed by atoms with van der Waals surface area (Å²) in [5.41, 5.74) is 7.96. The SMILES string of the molecule is Fc1cc(F)cc(COc2cc(F)ccc2CNNc2ccccc2)c1. The summed E-state index contributed by atoms with van der Waals surface area (Å²) >= 11 is 0. The fraction of sp³-hybridized carbons (Fsp3) is 0.100. The number of halogens is 3. The van der Waals surface area contributed by atoms with Gasteiger partial charge in [0.25, 0.3) is 0 Å². The summed E-state index contributed by atoms with van der Waals surface area (Å²) in [6.07, 6.45) is 0. The van der Waals surface area contributed by atoms with Crippen LogP contribution < -0.4 is 15.6 Å². The molecule has 0 aliphatic rings. The van der Waals surface area contributed by atoms with Crippen molar-refractivity contribution >= 4 is 5.69 Å². The Kier molecular flexibility index (Phi) is 5.76. The number of para-hydroxylation sites is 1. The van der Waals surface area contributed by atoms with Crippen molar-refractivity contribution in [3.05, 3.63) is 95.3 Å². The van der Waals surface area contributed by atoms with E-state index in [-0.39, 0.29) is 6.61 Å². The summed E-state index contributed by atoms with van der Waals surface area (Å²) in [4.78, 5) is 0. The molecular formula is C20H17F3N2O. The van der Waals surface area contributed by atoms with E-state index in [1.54, 1.807) is 6.07 Å². The maximum atomic E-state index is 13.6. The molecule has 3 nitrogen and oxygen atoms in total. The Hall–Kier alpha value is -2.99. The molecule has 0 aliphatic carbocycles. The third-order valence-corrected chi connectivity index (χ3v) is 3.63. The highest BCUT2D eigenvalue weighted by Gasteiger charge is 2.08. The van der Waals surface area contributed by atoms with Crippen LogP contribution in [0.3, 0.4) is 0 Å². The molecule has 2 N–H and O–H groups in total. The van der Waals surface area contributed by atoms with E-state index in [0.717, 1.165) is 11.8 Å². The second-order valence-electron chi connectivity index (χ2n) is 5.66. The van der Waals surface area contributed by atoms with Gasteiger partial charge in [-0.25, -0.2) is 18.6 Å². The highest BCUT2D eigenvalue weighted by Crippen LogP contribution is 2.22. The molecule has 0 aromatic heterocycles. The number of ether oxygens (including phenoxy) is 1. The zero-order chi connectivity index (χ0) is 18.4. The van der Waals surface area contributed by atoms with Crippen LogP contribution in [-0.2, 0) is 13.2 Å². The smallest absolute Gasteiger partial charge is 0.127 e. The molecule has 0 heterocycles. The summed E-state index contributed by atoms with van der Waals surface area (Å²) < 4.78 is 45.6. The number of anilines is 1. The number of rotatable bonds is 7. The van der Waals surface area contributed by atoms with Crippen LogP contribution in [0, 0.1) is 17.5 Å². The first-order valence-corrected chi connectivity index (χ1v) is 8.00. The van der Waals surface area contributed by atoms with E-state index < -0.39 is 17.5 Å². The minimum absolute atomic E-state index is 0.0722. The van der Waals surface area contributed by atoms with E-state index in [1.807, 2.05) is 30.3 Å². The van der Waals surface area contributed by atoms with Crippen LogP contribution in [0.4, 0.5) is 18.9 Å². The number of hydrogen-bond donors (Lipinski definition) is 2. The van der Waals surface area contributed by atoms with Gasteiger partial charge >= 0.3 is 0 Å². The number of benzene rings is 3. The predicted molar refractivity (Wildman–Crippen MR) is 94.0 cm³/mol. The quantitative estimate of drug-likeness (QED) is 0.595. The van der Waals surface area contributed by atoms with Gasteiger partial charge in [0, 0.05) is 29.9 Å². The van der Waals surface area contributed by atoms with Crippen molar-refractivity contribution in [3.8, 4) is 5.75 Å². The van der Waals surface area contributed by atoms with Gasteiger partial charge in [0.1, 0.15) is 29.8 Å². The third-order valence-electron chi connectivity index (χ3n) is 3.63. The van der Waals surface area contributed by atoms with Gasteiger partial charge in [0.2, 0.25) is 0 Å². The molecule has 0 amide bonds. The first kappa shape index (κ1) is 17.8. The van der Waals surface area contributed by atoms with Crippen molar-refractivity contribution < 1.29 is 17.9 Å². The van der Waals surface area contributed by atoms with E-state index in [4.69, 9.17) is 4.74 Å². The van der Waals surface area contributed by atoms with Gasteiger partial charge < -0.3 is 10.2 Å². The Morgan fingerprint density at radius 1 is 0.769 bits per heavy atom. The molecule has 3 rings (SSSR count). The van der Waals surface area contributed by atoms with Gasteiger partial charge in [-0.05, 0) is 35.9 Å². The average Bonchev–Trinajstić information content (AvgIpc) is 2.61. The summed E-state index contributed by atoms with van der Waals surface area (Å²) in [5.74, 6) is -1.52. The summed E-state index contributed by atoms with van der Waals surface area (Å²) in [5, 5.41) is 0. The van der Waals surface area contributed by atoms with Gasteiger partial charge in [-0.2, -0.15) is 0 Å². The molecule has 6 heteroatoms. The molecule has 0 atom stereocenters. The summed E-state index contributed by atoms with van der Waals surface area (Å²) in [6, 6.07) is 16.8. The zero-order valence-corrected chi connectivity index (χ0v) is 13.8. The molecule has 0 aliphatic heterocycles. The standard InChI is InChI=1S/C20H17F3N2O/c21-16-7-6-15(12-24-25-19-4-2-1-3-5-19)20(11-16)26-13-14-8-17(22)10-18(23)9-14/h1-11,24-25H,12-13H2. The Balaban J connectivity index is 1.65. The fourth-order valence-corrected chi connectivity index (χ4v) is 2.43. The van der Waals surface area contributed by atoms with Gasteiger partial charge in [-0.1, -0.05) is 24.3 Å². The van der Waals surface area contributed by atoms with Crippen LogP contribution in [0.2, 0.25) is 0 Å². The lowest BCUT2D eigenvalue weighted by Crippen LogP contribution is -2.21. The Morgan fingerprint density at radius 2 is 1.50 bits per heavy atom. The lowest BCUT2D eigenvalue weighted by Gasteiger charge is -2.14. The van der Waals surface area contributed by atoms with Crippen molar-refractivity contribution in [1.29, 1.82) is 0 Å². The number of hydrogen-bond acceptors (Lipinski definition) is 3. The number of hydrazine groups is 1. The maximum Gasteiger partial charge on any atom is 0.127 e. The first-order chi connectivity index (χ1) is 12.6. The van der Waals surface area contributed by atoms with Crippen LogP contribution in [-0.4, -0.2) is 0 Å². The molecule has 134 valence electrons. The normalized spacial score (nSPS) is 10.6. The molecule has 26 heavy (non-hydrogen) atoms. The minimum atomic E-state index is -0.684.